The number of hydrogen-bond acceptors (Lipinski definition) is 4. The van der Waals surface area contributed by atoms with E-state index in [1.165, 1.54) is 4.31 Å². The molecule has 5 nitrogen and oxygen atoms in total. The summed E-state index contributed by atoms with van der Waals surface area (Å²) in [6.45, 7) is 4.96. The molecule has 1 N–H and O–H groups in total. The van der Waals surface area contributed by atoms with Crippen LogP contribution in [0.1, 0.15) is 13.3 Å². The number of likely N-dealkylation sites (tertiary alicyclic amines) is 1. The molecule has 1 aliphatic heterocycles. The molecule has 0 aromatic rings. The number of hydrogen-bond donors (Lipinski definition) is 1. The standard InChI is InChI=1S/C11H25N3O2S/c1-10(7-12-2)17(15,16)14(4)9-11-5-6-13(3)8-11/h10-12H,5-9H2,1-4H3. The summed E-state index contributed by atoms with van der Waals surface area (Å²) in [5.74, 6) is 0.474. The Morgan fingerprint density at radius 1 is 1.53 bits per heavy atom. The highest BCUT2D eigenvalue weighted by molar-refractivity contribution is 7.89. The predicted octanol–water partition coefficient (Wildman–Crippen LogP) is -0.192. The molecule has 1 heterocycles. The normalized spacial score (nSPS) is 24.4. The number of nitrogens with one attached hydrogen (secondary N) is 1. The summed E-state index contributed by atoms with van der Waals surface area (Å²) in [5, 5.41) is 2.55. The molecule has 0 aromatic heterocycles. The average Bonchev–Trinajstić information content (AvgIpc) is 2.64. The van der Waals surface area contributed by atoms with Crippen LogP contribution in [0.4, 0.5) is 0 Å². The quantitative estimate of drug-likeness (QED) is 0.721. The molecule has 102 valence electrons. The van der Waals surface area contributed by atoms with E-state index in [1.54, 1.807) is 21.0 Å². The van der Waals surface area contributed by atoms with E-state index < -0.39 is 10.0 Å². The molecule has 1 aliphatic rings. The van der Waals surface area contributed by atoms with Gasteiger partial charge in [-0.3, -0.25) is 0 Å². The van der Waals surface area contributed by atoms with E-state index in [4.69, 9.17) is 0 Å². The smallest absolute Gasteiger partial charge is 0.217 e. The first-order chi connectivity index (χ1) is 7.87. The van der Waals surface area contributed by atoms with E-state index in [0.29, 0.717) is 19.0 Å². The van der Waals surface area contributed by atoms with Gasteiger partial charge in [-0.05, 0) is 39.9 Å². The molecule has 2 atom stereocenters. The molecule has 1 rings (SSSR count). The van der Waals surface area contributed by atoms with Crippen molar-refractivity contribution in [2.45, 2.75) is 18.6 Å². The summed E-state index contributed by atoms with van der Waals surface area (Å²) in [6, 6.07) is 0. The first-order valence-electron chi connectivity index (χ1n) is 6.16. The van der Waals surface area contributed by atoms with Crippen molar-refractivity contribution in [2.75, 3.05) is 47.3 Å². The van der Waals surface area contributed by atoms with Crippen molar-refractivity contribution in [3.05, 3.63) is 0 Å². The number of rotatable bonds is 6. The largest absolute Gasteiger partial charge is 0.318 e. The SMILES string of the molecule is CNCC(C)S(=O)(=O)N(C)CC1CCN(C)C1. The molecule has 0 saturated carbocycles. The summed E-state index contributed by atoms with van der Waals surface area (Å²) in [7, 11) is 2.40. The molecule has 17 heavy (non-hydrogen) atoms. The Morgan fingerprint density at radius 3 is 2.65 bits per heavy atom. The summed E-state index contributed by atoms with van der Waals surface area (Å²) in [4.78, 5) is 2.25. The molecule has 6 heteroatoms. The van der Waals surface area contributed by atoms with Crippen LogP contribution in [0.2, 0.25) is 0 Å². The molecular weight excluding hydrogens is 238 g/mol. The Morgan fingerprint density at radius 2 is 2.18 bits per heavy atom. The van der Waals surface area contributed by atoms with Gasteiger partial charge in [0.1, 0.15) is 0 Å². The summed E-state index contributed by atoms with van der Waals surface area (Å²) in [6.07, 6.45) is 1.09. The monoisotopic (exact) mass is 263 g/mol. The highest BCUT2D eigenvalue weighted by Gasteiger charge is 2.29. The van der Waals surface area contributed by atoms with Crippen molar-refractivity contribution in [3.8, 4) is 0 Å². The summed E-state index contributed by atoms with van der Waals surface area (Å²) < 4.78 is 25.9. The molecule has 0 bridgehead atoms. The van der Waals surface area contributed by atoms with Gasteiger partial charge in [0, 0.05) is 26.7 Å². The minimum absolute atomic E-state index is 0.364. The van der Waals surface area contributed by atoms with Crippen LogP contribution >= 0.6 is 0 Å². The lowest BCUT2D eigenvalue weighted by Crippen LogP contribution is -2.41. The second-order valence-electron chi connectivity index (χ2n) is 5.11. The van der Waals surface area contributed by atoms with Crippen LogP contribution in [-0.2, 0) is 10.0 Å². The van der Waals surface area contributed by atoms with E-state index in [-0.39, 0.29) is 5.25 Å². The Bertz CT molecular complexity index is 332. The second kappa shape index (κ2) is 6.13. The molecule has 0 amide bonds. The summed E-state index contributed by atoms with van der Waals surface area (Å²) >= 11 is 0. The zero-order chi connectivity index (χ0) is 13.1. The van der Waals surface area contributed by atoms with Crippen molar-refractivity contribution >= 4 is 10.0 Å². The summed E-state index contributed by atoms with van der Waals surface area (Å²) in [5.41, 5.74) is 0. The van der Waals surface area contributed by atoms with Gasteiger partial charge in [-0.2, -0.15) is 0 Å². The van der Waals surface area contributed by atoms with Crippen molar-refractivity contribution in [3.63, 3.8) is 0 Å². The lowest BCUT2D eigenvalue weighted by molar-refractivity contribution is 0.354. The minimum Gasteiger partial charge on any atom is -0.318 e. The molecule has 0 aliphatic carbocycles. The average molecular weight is 263 g/mol. The molecule has 1 saturated heterocycles. The number of sulfonamides is 1. The third-order valence-electron chi connectivity index (χ3n) is 3.44. The van der Waals surface area contributed by atoms with E-state index in [1.807, 2.05) is 0 Å². The Hall–Kier alpha value is -0.170. The van der Waals surface area contributed by atoms with Gasteiger partial charge in [-0.25, -0.2) is 12.7 Å². The molecule has 0 radical (unpaired) electrons. The fourth-order valence-corrected chi connectivity index (χ4v) is 3.75. The van der Waals surface area contributed by atoms with Crippen molar-refractivity contribution in [1.29, 1.82) is 0 Å². The van der Waals surface area contributed by atoms with E-state index in [2.05, 4.69) is 17.3 Å². The van der Waals surface area contributed by atoms with Crippen LogP contribution in [-0.4, -0.2) is 70.2 Å². The van der Waals surface area contributed by atoms with Gasteiger partial charge in [-0.1, -0.05) is 0 Å². The van der Waals surface area contributed by atoms with Gasteiger partial charge >= 0.3 is 0 Å². The van der Waals surface area contributed by atoms with Crippen LogP contribution in [0, 0.1) is 5.92 Å². The second-order valence-corrected chi connectivity index (χ2v) is 7.57. The van der Waals surface area contributed by atoms with Crippen molar-refractivity contribution < 1.29 is 8.42 Å². The molecule has 0 aromatic carbocycles. The molecule has 0 spiro atoms. The Labute approximate surface area is 105 Å². The van der Waals surface area contributed by atoms with Crippen LogP contribution < -0.4 is 5.32 Å². The van der Waals surface area contributed by atoms with Gasteiger partial charge in [0.05, 0.1) is 5.25 Å². The van der Waals surface area contributed by atoms with E-state index in [9.17, 15) is 8.42 Å². The first kappa shape index (κ1) is 14.9. The van der Waals surface area contributed by atoms with Gasteiger partial charge < -0.3 is 10.2 Å². The van der Waals surface area contributed by atoms with Gasteiger partial charge in [0.25, 0.3) is 0 Å². The lowest BCUT2D eigenvalue weighted by atomic mass is 10.1. The number of nitrogens with zero attached hydrogens (tertiary/aromatic N) is 2. The van der Waals surface area contributed by atoms with E-state index in [0.717, 1.165) is 19.5 Å². The first-order valence-corrected chi connectivity index (χ1v) is 7.66. The Balaban J connectivity index is 2.54. The third-order valence-corrected chi connectivity index (χ3v) is 5.64. The Kier molecular flexibility index (Phi) is 5.37. The topological polar surface area (TPSA) is 52.7 Å². The third kappa shape index (κ3) is 3.91. The maximum atomic E-state index is 12.2. The zero-order valence-electron chi connectivity index (χ0n) is 11.3. The van der Waals surface area contributed by atoms with Gasteiger partial charge in [0.2, 0.25) is 10.0 Å². The van der Waals surface area contributed by atoms with Crippen molar-refractivity contribution in [2.24, 2.45) is 5.92 Å². The highest BCUT2D eigenvalue weighted by atomic mass is 32.2. The maximum absolute atomic E-state index is 12.2. The minimum atomic E-state index is -3.15. The molecule has 1 fully saturated rings. The van der Waals surface area contributed by atoms with Gasteiger partial charge in [0.15, 0.2) is 0 Å². The van der Waals surface area contributed by atoms with Crippen LogP contribution in [0.5, 0.6) is 0 Å². The van der Waals surface area contributed by atoms with Crippen LogP contribution in [0.15, 0.2) is 0 Å². The van der Waals surface area contributed by atoms with Crippen LogP contribution in [0.3, 0.4) is 0 Å². The predicted molar refractivity (Wildman–Crippen MR) is 70.5 cm³/mol. The fourth-order valence-electron chi connectivity index (χ4n) is 2.34. The van der Waals surface area contributed by atoms with E-state index >= 15 is 0 Å². The van der Waals surface area contributed by atoms with Gasteiger partial charge in [-0.15, -0.1) is 0 Å². The van der Waals surface area contributed by atoms with Crippen LogP contribution in [0.25, 0.3) is 0 Å². The highest BCUT2D eigenvalue weighted by Crippen LogP contribution is 2.17. The fraction of sp³-hybridized carbons (Fsp3) is 1.00. The van der Waals surface area contributed by atoms with Crippen molar-refractivity contribution in [1.82, 2.24) is 14.5 Å². The maximum Gasteiger partial charge on any atom is 0.217 e. The molecular formula is C11H25N3O2S. The zero-order valence-corrected chi connectivity index (χ0v) is 12.1. The molecule has 2 unspecified atom stereocenters. The lowest BCUT2D eigenvalue weighted by Gasteiger charge is -2.24.